The van der Waals surface area contributed by atoms with Crippen LogP contribution in [-0.2, 0) is 12.7 Å². The Morgan fingerprint density at radius 3 is 2.42 bits per heavy atom. The SMILES string of the molecule is Cc1cc(CNC(=O)c2cc(C(=O)N[C@@H](C)c3ccc(-c4nn[nH]n4)cc3)ncn2)c(C(F)(F)F)o1. The van der Waals surface area contributed by atoms with Crippen molar-refractivity contribution < 1.29 is 27.2 Å². The molecule has 0 aliphatic heterocycles. The molecule has 14 heteroatoms. The molecule has 186 valence electrons. The lowest BCUT2D eigenvalue weighted by atomic mass is 10.1. The van der Waals surface area contributed by atoms with E-state index in [1.54, 1.807) is 31.2 Å². The van der Waals surface area contributed by atoms with Gasteiger partial charge in [-0.05, 0) is 30.7 Å². The van der Waals surface area contributed by atoms with E-state index in [0.29, 0.717) is 5.82 Å². The maximum absolute atomic E-state index is 13.1. The predicted octanol–water partition coefficient (Wildman–Crippen LogP) is 3.00. The van der Waals surface area contributed by atoms with Gasteiger partial charge < -0.3 is 15.1 Å². The molecule has 2 amide bonds. The lowest BCUT2D eigenvalue weighted by Crippen LogP contribution is -2.29. The smallest absolute Gasteiger partial charge is 0.449 e. The Balaban J connectivity index is 1.39. The van der Waals surface area contributed by atoms with Crippen molar-refractivity contribution in [2.75, 3.05) is 0 Å². The molecule has 0 aliphatic rings. The van der Waals surface area contributed by atoms with E-state index < -0.39 is 36.3 Å². The van der Waals surface area contributed by atoms with Crippen LogP contribution < -0.4 is 10.6 Å². The zero-order chi connectivity index (χ0) is 25.9. The molecular weight excluding hydrogens is 481 g/mol. The summed E-state index contributed by atoms with van der Waals surface area (Å²) < 4.78 is 43.9. The molecule has 3 N–H and O–H groups in total. The number of rotatable bonds is 7. The van der Waals surface area contributed by atoms with E-state index in [1.165, 1.54) is 13.0 Å². The monoisotopic (exact) mass is 500 g/mol. The Kier molecular flexibility index (Phi) is 6.76. The highest BCUT2D eigenvalue weighted by atomic mass is 19.4. The summed E-state index contributed by atoms with van der Waals surface area (Å²) in [5.74, 6) is -2.02. The van der Waals surface area contributed by atoms with Crippen LogP contribution in [0.25, 0.3) is 11.4 Å². The molecule has 1 aromatic carbocycles. The Hall–Kier alpha value is -4.62. The molecule has 0 unspecified atom stereocenters. The summed E-state index contributed by atoms with van der Waals surface area (Å²) in [5.41, 5.74) is 1.05. The maximum atomic E-state index is 13.1. The van der Waals surface area contributed by atoms with Crippen molar-refractivity contribution in [1.29, 1.82) is 0 Å². The summed E-state index contributed by atoms with van der Waals surface area (Å²) in [6, 6.07) is 9.09. The van der Waals surface area contributed by atoms with E-state index in [2.05, 4.69) is 41.2 Å². The molecular formula is C22H19F3N8O3. The third kappa shape index (κ3) is 5.54. The molecule has 1 atom stereocenters. The summed E-state index contributed by atoms with van der Waals surface area (Å²) in [6.07, 6.45) is -3.67. The normalized spacial score (nSPS) is 12.2. The predicted molar refractivity (Wildman–Crippen MR) is 117 cm³/mol. The van der Waals surface area contributed by atoms with Gasteiger partial charge in [-0.2, -0.15) is 18.4 Å². The second-order valence-corrected chi connectivity index (χ2v) is 7.73. The number of aryl methyl sites for hydroxylation is 1. The maximum Gasteiger partial charge on any atom is 0.449 e. The number of nitrogens with zero attached hydrogens (tertiary/aromatic N) is 5. The number of carbonyl (C=O) groups excluding carboxylic acids is 2. The van der Waals surface area contributed by atoms with Crippen molar-refractivity contribution in [2.24, 2.45) is 0 Å². The number of carbonyl (C=O) groups is 2. The Morgan fingerprint density at radius 2 is 1.78 bits per heavy atom. The van der Waals surface area contributed by atoms with Gasteiger partial charge in [0.1, 0.15) is 23.5 Å². The second-order valence-electron chi connectivity index (χ2n) is 7.73. The molecule has 0 saturated heterocycles. The van der Waals surface area contributed by atoms with E-state index in [-0.39, 0.29) is 22.7 Å². The van der Waals surface area contributed by atoms with E-state index in [4.69, 9.17) is 4.42 Å². The number of amides is 2. The number of H-pyrrole nitrogens is 1. The zero-order valence-electron chi connectivity index (χ0n) is 18.9. The van der Waals surface area contributed by atoms with E-state index >= 15 is 0 Å². The molecule has 0 spiro atoms. The standard InChI is InChI=1S/C22H19F3N8O3/c1-11-7-15(18(36-11)22(23,24)25)9-26-20(34)16-8-17(28-10-27-16)21(35)29-12(2)13-3-5-14(6-4-13)19-30-32-33-31-19/h3-8,10,12H,9H2,1-2H3,(H,26,34)(H,29,35)(H,30,31,32,33)/t12-/m0/s1. The Bertz CT molecular complexity index is 1370. The number of furan rings is 1. The molecule has 0 saturated carbocycles. The van der Waals surface area contributed by atoms with Crippen LogP contribution >= 0.6 is 0 Å². The Labute approximate surface area is 201 Å². The van der Waals surface area contributed by atoms with Gasteiger partial charge in [0.2, 0.25) is 11.6 Å². The van der Waals surface area contributed by atoms with Crippen LogP contribution in [0, 0.1) is 6.92 Å². The van der Waals surface area contributed by atoms with Crippen molar-refractivity contribution in [3.05, 3.63) is 76.8 Å². The van der Waals surface area contributed by atoms with Gasteiger partial charge in [-0.15, -0.1) is 10.2 Å². The molecule has 4 aromatic rings. The first-order valence-electron chi connectivity index (χ1n) is 10.5. The summed E-state index contributed by atoms with van der Waals surface area (Å²) in [4.78, 5) is 32.9. The molecule has 11 nitrogen and oxygen atoms in total. The highest BCUT2D eigenvalue weighted by Crippen LogP contribution is 2.34. The fraction of sp³-hybridized carbons (Fsp3) is 0.227. The first-order chi connectivity index (χ1) is 17.1. The van der Waals surface area contributed by atoms with E-state index in [9.17, 15) is 22.8 Å². The number of aromatic nitrogens is 6. The van der Waals surface area contributed by atoms with Gasteiger partial charge in [0, 0.05) is 23.7 Å². The van der Waals surface area contributed by atoms with Crippen molar-refractivity contribution in [3.8, 4) is 11.4 Å². The van der Waals surface area contributed by atoms with Gasteiger partial charge in [-0.3, -0.25) is 9.59 Å². The summed E-state index contributed by atoms with van der Waals surface area (Å²) in [6.45, 7) is 2.70. The molecule has 0 aliphatic carbocycles. The summed E-state index contributed by atoms with van der Waals surface area (Å²) >= 11 is 0. The first-order valence-corrected chi connectivity index (χ1v) is 10.5. The lowest BCUT2D eigenvalue weighted by molar-refractivity contribution is -0.154. The lowest BCUT2D eigenvalue weighted by Gasteiger charge is -2.14. The fourth-order valence-electron chi connectivity index (χ4n) is 3.37. The van der Waals surface area contributed by atoms with Gasteiger partial charge in [0.25, 0.3) is 11.8 Å². The molecule has 36 heavy (non-hydrogen) atoms. The van der Waals surface area contributed by atoms with E-state index in [0.717, 1.165) is 23.5 Å². The minimum absolute atomic E-state index is 0.0612. The second kappa shape index (κ2) is 9.93. The number of tetrazole rings is 1. The highest BCUT2D eigenvalue weighted by Gasteiger charge is 2.38. The van der Waals surface area contributed by atoms with Crippen LogP contribution in [0.3, 0.4) is 0 Å². The van der Waals surface area contributed by atoms with Gasteiger partial charge in [0.15, 0.2) is 0 Å². The topological polar surface area (TPSA) is 152 Å². The number of nitrogens with one attached hydrogen (secondary N) is 3. The summed E-state index contributed by atoms with van der Waals surface area (Å²) in [7, 11) is 0. The van der Waals surface area contributed by atoms with Crippen LogP contribution in [0.1, 0.15) is 56.6 Å². The molecule has 4 rings (SSSR count). The number of hydrogen-bond donors (Lipinski definition) is 3. The number of aromatic amines is 1. The third-order valence-corrected chi connectivity index (χ3v) is 5.12. The van der Waals surface area contributed by atoms with Crippen LogP contribution in [0.4, 0.5) is 13.2 Å². The Morgan fingerprint density at radius 1 is 1.08 bits per heavy atom. The minimum atomic E-state index is -4.70. The number of hydrogen-bond acceptors (Lipinski definition) is 8. The van der Waals surface area contributed by atoms with Crippen LogP contribution in [0.15, 0.2) is 47.1 Å². The molecule has 0 bridgehead atoms. The molecule has 0 fully saturated rings. The highest BCUT2D eigenvalue weighted by molar-refractivity contribution is 5.97. The minimum Gasteiger partial charge on any atom is -0.456 e. The van der Waals surface area contributed by atoms with Gasteiger partial charge in [0.05, 0.1) is 6.04 Å². The first kappa shape index (κ1) is 24.5. The fourth-order valence-corrected chi connectivity index (χ4v) is 3.37. The molecule has 3 aromatic heterocycles. The summed E-state index contributed by atoms with van der Waals surface area (Å²) in [5, 5.41) is 18.8. The van der Waals surface area contributed by atoms with Gasteiger partial charge >= 0.3 is 6.18 Å². The quantitative estimate of drug-likeness (QED) is 0.350. The molecule has 3 heterocycles. The zero-order valence-corrected chi connectivity index (χ0v) is 18.9. The average Bonchev–Trinajstić information content (AvgIpc) is 3.52. The van der Waals surface area contributed by atoms with Gasteiger partial charge in [-0.1, -0.05) is 24.3 Å². The van der Waals surface area contributed by atoms with Crippen molar-refractivity contribution in [1.82, 2.24) is 41.2 Å². The van der Waals surface area contributed by atoms with Crippen LogP contribution in [0.5, 0.6) is 0 Å². The van der Waals surface area contributed by atoms with Crippen molar-refractivity contribution in [2.45, 2.75) is 32.6 Å². The third-order valence-electron chi connectivity index (χ3n) is 5.12. The largest absolute Gasteiger partial charge is 0.456 e. The number of benzene rings is 1. The number of halogens is 3. The number of alkyl halides is 3. The average molecular weight is 500 g/mol. The van der Waals surface area contributed by atoms with E-state index in [1.807, 2.05) is 0 Å². The van der Waals surface area contributed by atoms with Crippen molar-refractivity contribution >= 4 is 11.8 Å². The molecule has 0 radical (unpaired) electrons. The van der Waals surface area contributed by atoms with Crippen LogP contribution in [0.2, 0.25) is 0 Å². The van der Waals surface area contributed by atoms with Crippen molar-refractivity contribution in [3.63, 3.8) is 0 Å². The van der Waals surface area contributed by atoms with Gasteiger partial charge in [-0.25, -0.2) is 9.97 Å². The van der Waals surface area contributed by atoms with Crippen LogP contribution in [-0.4, -0.2) is 42.4 Å².